The van der Waals surface area contributed by atoms with E-state index in [0.717, 1.165) is 39.1 Å². The average Bonchev–Trinajstić information content (AvgIpc) is 3.01. The summed E-state index contributed by atoms with van der Waals surface area (Å²) in [7, 11) is 2.50. The van der Waals surface area contributed by atoms with Gasteiger partial charge in [0.25, 0.3) is 0 Å². The Morgan fingerprint density at radius 2 is 1.74 bits per heavy atom. The molecule has 5 heteroatoms. The van der Waals surface area contributed by atoms with Gasteiger partial charge in [0.15, 0.2) is 0 Å². The van der Waals surface area contributed by atoms with Gasteiger partial charge in [-0.05, 0) is 30.1 Å². The maximum atomic E-state index is 5.60. The molecule has 23 heavy (non-hydrogen) atoms. The van der Waals surface area contributed by atoms with Gasteiger partial charge >= 0.3 is 0 Å². The first-order chi connectivity index (χ1) is 11.3. The quantitative estimate of drug-likeness (QED) is 0.762. The molecule has 0 N–H and O–H groups in total. The normalized spacial score (nSPS) is 20.8. The summed E-state index contributed by atoms with van der Waals surface area (Å²) < 4.78 is 16.7. The summed E-state index contributed by atoms with van der Waals surface area (Å²) >= 11 is 0. The maximum Gasteiger partial charge on any atom is 0.202 e. The first-order valence-electron chi connectivity index (χ1n) is 8.03. The van der Waals surface area contributed by atoms with Crippen molar-refractivity contribution in [3.63, 3.8) is 0 Å². The van der Waals surface area contributed by atoms with Crippen LogP contribution >= 0.6 is 8.38 Å². The van der Waals surface area contributed by atoms with Crippen LogP contribution in [-0.2, 0) is 13.8 Å². The number of morpholine rings is 1. The number of nitrogens with zero attached hydrogens (tertiary/aromatic N) is 1. The standard InChI is InChI=1S/C18H24NO3P/c1-20-23(21-2)17-9-8-16(14-15-6-4-3-5-7-15)18(17)19-10-12-22-13-11-19/h3-7,14H,8-13H2,1-2H3/b16-14+. The number of benzene rings is 1. The van der Waals surface area contributed by atoms with Gasteiger partial charge in [0.05, 0.1) is 13.2 Å². The van der Waals surface area contributed by atoms with Crippen LogP contribution in [0.4, 0.5) is 0 Å². The van der Waals surface area contributed by atoms with Gasteiger partial charge in [0.1, 0.15) is 0 Å². The van der Waals surface area contributed by atoms with Gasteiger partial charge in [-0.25, -0.2) is 0 Å². The molecule has 0 spiro atoms. The van der Waals surface area contributed by atoms with E-state index in [9.17, 15) is 0 Å². The van der Waals surface area contributed by atoms with Gasteiger partial charge in [-0.3, -0.25) is 0 Å². The van der Waals surface area contributed by atoms with Crippen molar-refractivity contribution >= 4 is 14.5 Å². The lowest BCUT2D eigenvalue weighted by molar-refractivity contribution is 0.0548. The average molecular weight is 333 g/mol. The molecule has 3 rings (SSSR count). The zero-order valence-electron chi connectivity index (χ0n) is 13.8. The third-order valence-electron chi connectivity index (χ3n) is 4.23. The van der Waals surface area contributed by atoms with Crippen molar-refractivity contribution in [1.82, 2.24) is 4.90 Å². The summed E-state index contributed by atoms with van der Waals surface area (Å²) in [5, 5.41) is 1.31. The van der Waals surface area contributed by atoms with Crippen LogP contribution in [0, 0.1) is 0 Å². The second-order valence-corrected chi connectivity index (χ2v) is 7.38. The van der Waals surface area contributed by atoms with Gasteiger partial charge in [0, 0.05) is 38.3 Å². The third kappa shape index (κ3) is 3.84. The Bertz CT molecular complexity index is 575. The molecule has 1 aliphatic carbocycles. The van der Waals surface area contributed by atoms with Gasteiger partial charge in [0.2, 0.25) is 8.38 Å². The van der Waals surface area contributed by atoms with Crippen molar-refractivity contribution in [2.75, 3.05) is 40.5 Å². The van der Waals surface area contributed by atoms with Crippen LogP contribution in [0.3, 0.4) is 0 Å². The summed E-state index contributed by atoms with van der Waals surface area (Å²) in [6.07, 6.45) is 4.36. The summed E-state index contributed by atoms with van der Waals surface area (Å²) in [6.45, 7) is 3.43. The van der Waals surface area contributed by atoms with Gasteiger partial charge < -0.3 is 18.7 Å². The molecule has 0 amide bonds. The number of ether oxygens (including phenoxy) is 1. The molecule has 1 heterocycles. The fourth-order valence-corrected chi connectivity index (χ4v) is 4.55. The Kier molecular flexibility index (Phi) is 5.85. The van der Waals surface area contributed by atoms with Gasteiger partial charge in [-0.1, -0.05) is 30.3 Å². The second-order valence-electron chi connectivity index (χ2n) is 5.60. The Labute approximate surface area is 139 Å². The SMILES string of the molecule is COP(OC)C1=C(N2CCOCC2)/C(=C/c2ccccc2)CC1. The van der Waals surface area contributed by atoms with Gasteiger partial charge in [-0.2, -0.15) is 0 Å². The Hall–Kier alpha value is -1.19. The lowest BCUT2D eigenvalue weighted by Crippen LogP contribution is -2.36. The summed E-state index contributed by atoms with van der Waals surface area (Å²) in [5.41, 5.74) is 3.95. The van der Waals surface area contributed by atoms with E-state index in [-0.39, 0.29) is 0 Å². The Balaban J connectivity index is 1.97. The zero-order valence-corrected chi connectivity index (χ0v) is 14.7. The molecule has 1 fully saturated rings. The van der Waals surface area contributed by atoms with Crippen molar-refractivity contribution < 1.29 is 13.8 Å². The van der Waals surface area contributed by atoms with Gasteiger partial charge in [-0.15, -0.1) is 0 Å². The highest BCUT2D eigenvalue weighted by atomic mass is 31.2. The smallest absolute Gasteiger partial charge is 0.202 e. The lowest BCUT2D eigenvalue weighted by Gasteiger charge is -2.32. The number of hydrogen-bond acceptors (Lipinski definition) is 4. The van der Waals surface area contributed by atoms with Crippen LogP contribution in [0.5, 0.6) is 0 Å². The predicted molar refractivity (Wildman–Crippen MR) is 94.0 cm³/mol. The van der Waals surface area contributed by atoms with Crippen LogP contribution in [0.25, 0.3) is 6.08 Å². The molecule has 2 aliphatic rings. The molecule has 1 aromatic rings. The molecule has 0 aromatic heterocycles. The minimum atomic E-state index is -0.966. The predicted octanol–water partition coefficient (Wildman–Crippen LogP) is 4.01. The van der Waals surface area contributed by atoms with Crippen LogP contribution in [0.1, 0.15) is 18.4 Å². The molecule has 0 bridgehead atoms. The number of hydrogen-bond donors (Lipinski definition) is 0. The van der Waals surface area contributed by atoms with E-state index in [4.69, 9.17) is 13.8 Å². The first-order valence-corrected chi connectivity index (χ1v) is 9.21. The van der Waals surface area contributed by atoms with E-state index in [0.29, 0.717) is 0 Å². The van der Waals surface area contributed by atoms with E-state index in [2.05, 4.69) is 41.3 Å². The molecule has 1 aromatic carbocycles. The molecule has 1 aliphatic heterocycles. The van der Waals surface area contributed by atoms with Crippen molar-refractivity contribution in [2.45, 2.75) is 12.8 Å². The third-order valence-corrected chi connectivity index (χ3v) is 5.77. The van der Waals surface area contributed by atoms with Crippen LogP contribution < -0.4 is 0 Å². The highest BCUT2D eigenvalue weighted by Crippen LogP contribution is 2.55. The van der Waals surface area contributed by atoms with Crippen molar-refractivity contribution in [3.8, 4) is 0 Å². The van der Waals surface area contributed by atoms with Crippen molar-refractivity contribution in [2.24, 2.45) is 0 Å². The highest BCUT2D eigenvalue weighted by molar-refractivity contribution is 7.52. The van der Waals surface area contributed by atoms with E-state index in [1.165, 1.54) is 22.1 Å². The maximum absolute atomic E-state index is 5.60. The molecular formula is C18H24NO3P. The van der Waals surface area contributed by atoms with Crippen molar-refractivity contribution in [1.29, 1.82) is 0 Å². The van der Waals surface area contributed by atoms with E-state index < -0.39 is 8.38 Å². The first kappa shape index (κ1) is 16.7. The summed E-state index contributed by atoms with van der Waals surface area (Å²) in [5.74, 6) is 0. The molecule has 0 saturated carbocycles. The van der Waals surface area contributed by atoms with E-state index in [1.54, 1.807) is 14.2 Å². The fraction of sp³-hybridized carbons (Fsp3) is 0.444. The molecule has 0 atom stereocenters. The monoisotopic (exact) mass is 333 g/mol. The topological polar surface area (TPSA) is 30.9 Å². The second kappa shape index (κ2) is 8.07. The summed E-state index contributed by atoms with van der Waals surface area (Å²) in [6, 6.07) is 10.5. The molecule has 124 valence electrons. The van der Waals surface area contributed by atoms with Crippen LogP contribution in [0.2, 0.25) is 0 Å². The van der Waals surface area contributed by atoms with E-state index >= 15 is 0 Å². The Morgan fingerprint density at radius 3 is 2.39 bits per heavy atom. The minimum absolute atomic E-state index is 0.785. The number of rotatable bonds is 5. The molecule has 4 nitrogen and oxygen atoms in total. The fourth-order valence-electron chi connectivity index (χ4n) is 3.21. The van der Waals surface area contributed by atoms with Crippen molar-refractivity contribution in [3.05, 3.63) is 52.5 Å². The highest BCUT2D eigenvalue weighted by Gasteiger charge is 2.31. The molecule has 0 radical (unpaired) electrons. The Morgan fingerprint density at radius 1 is 1.04 bits per heavy atom. The molecular weight excluding hydrogens is 309 g/mol. The molecule has 0 unspecified atom stereocenters. The largest absolute Gasteiger partial charge is 0.378 e. The zero-order chi connectivity index (χ0) is 16.1. The molecule has 1 saturated heterocycles. The van der Waals surface area contributed by atoms with Crippen LogP contribution in [-0.4, -0.2) is 45.4 Å². The van der Waals surface area contributed by atoms with Crippen LogP contribution in [0.15, 0.2) is 46.9 Å². The lowest BCUT2D eigenvalue weighted by atomic mass is 10.1. The van der Waals surface area contributed by atoms with E-state index in [1.807, 2.05) is 0 Å². The minimum Gasteiger partial charge on any atom is -0.378 e. The summed E-state index contributed by atoms with van der Waals surface area (Å²) in [4.78, 5) is 2.44. The number of allylic oxidation sites excluding steroid dienone is 2.